The van der Waals surface area contributed by atoms with Crippen LogP contribution in [0.25, 0.3) is 0 Å². The lowest BCUT2D eigenvalue weighted by atomic mass is 9.91. The van der Waals surface area contributed by atoms with Gasteiger partial charge in [0.25, 0.3) is 0 Å². The van der Waals surface area contributed by atoms with Crippen LogP contribution in [0.3, 0.4) is 0 Å². The maximum absolute atomic E-state index is 11.1. The predicted molar refractivity (Wildman–Crippen MR) is 46.8 cm³/mol. The second-order valence-electron chi connectivity index (χ2n) is 3.73. The molecule has 0 saturated carbocycles. The predicted octanol–water partition coefficient (Wildman–Crippen LogP) is -4.40. The molecular weight excluding hydrogens is 262 g/mol. The molecule has 0 aromatic rings. The summed E-state index contributed by atoms with van der Waals surface area (Å²) in [6.45, 7) is -1.09. The van der Waals surface area contributed by atoms with Crippen LogP contribution in [-0.2, 0) is 18.9 Å². The van der Waals surface area contributed by atoms with E-state index >= 15 is 0 Å². The topological polar surface area (TPSA) is 157 Å². The zero-order chi connectivity index (χ0) is 13.0. The maximum atomic E-state index is 11.1. The van der Waals surface area contributed by atoms with Gasteiger partial charge in [-0.25, -0.2) is 4.18 Å². The third-order valence-corrected chi connectivity index (χ3v) is 3.53. The molecule has 1 unspecified atom stereocenters. The summed E-state index contributed by atoms with van der Waals surface area (Å²) in [5.41, 5.74) is -2.38. The van der Waals surface area contributed by atoms with Gasteiger partial charge in [0, 0.05) is 0 Å². The van der Waals surface area contributed by atoms with Gasteiger partial charge in [0.1, 0.15) is 18.3 Å². The van der Waals surface area contributed by atoms with Gasteiger partial charge in [0.05, 0.1) is 6.61 Å². The van der Waals surface area contributed by atoms with E-state index in [1.807, 2.05) is 0 Å². The number of nitrogens with zero attached hydrogens (tertiary/aromatic N) is 1. The molecule has 0 spiro atoms. The second-order valence-corrected chi connectivity index (χ2v) is 4.87. The van der Waals surface area contributed by atoms with E-state index in [2.05, 4.69) is 8.47 Å². The van der Waals surface area contributed by atoms with Crippen LogP contribution in [0.15, 0.2) is 0 Å². The number of piperidine rings is 1. The van der Waals surface area contributed by atoms with E-state index in [1.54, 1.807) is 0 Å². The van der Waals surface area contributed by atoms with E-state index in [1.165, 1.54) is 0 Å². The minimum Gasteiger partial charge on any atom is -0.392 e. The van der Waals surface area contributed by atoms with Gasteiger partial charge >= 0.3 is 10.4 Å². The van der Waals surface area contributed by atoms with Gasteiger partial charge in [-0.3, -0.25) is 0 Å². The van der Waals surface area contributed by atoms with Crippen LogP contribution in [-0.4, -0.2) is 75.9 Å². The van der Waals surface area contributed by atoms with E-state index in [9.17, 15) is 28.8 Å². The van der Waals surface area contributed by atoms with Gasteiger partial charge in [-0.15, -0.1) is 4.28 Å². The highest BCUT2D eigenvalue weighted by Crippen LogP contribution is 2.40. The quantitative estimate of drug-likeness (QED) is 0.316. The smallest absolute Gasteiger partial charge is 0.392 e. The molecule has 100 valence electrons. The third-order valence-electron chi connectivity index (χ3n) is 2.70. The molecule has 0 bridgehead atoms. The summed E-state index contributed by atoms with van der Waals surface area (Å²) in [5, 5.41) is 47.1. The average Bonchev–Trinajstić information content (AvgIpc) is 2.56. The number of hydroxylamine groups is 2. The summed E-state index contributed by atoms with van der Waals surface area (Å²) in [6, 6.07) is 0. The van der Waals surface area contributed by atoms with E-state index in [-0.39, 0.29) is 5.06 Å². The molecule has 0 aromatic heterocycles. The zero-order valence-corrected chi connectivity index (χ0v) is 9.06. The van der Waals surface area contributed by atoms with E-state index < -0.39 is 47.3 Å². The lowest BCUT2D eigenvalue weighted by Gasteiger charge is -2.45. The van der Waals surface area contributed by atoms with Gasteiger partial charge < -0.3 is 25.5 Å². The minimum absolute atomic E-state index is 0.199. The fourth-order valence-electron chi connectivity index (χ4n) is 1.80. The van der Waals surface area contributed by atoms with E-state index in [0.717, 1.165) is 0 Å². The van der Waals surface area contributed by atoms with Crippen molar-refractivity contribution in [2.24, 2.45) is 0 Å². The molecule has 2 fully saturated rings. The Morgan fingerprint density at radius 2 is 1.76 bits per heavy atom. The Morgan fingerprint density at radius 3 is 2.29 bits per heavy atom. The van der Waals surface area contributed by atoms with Crippen molar-refractivity contribution >= 4 is 10.4 Å². The molecule has 10 nitrogen and oxygen atoms in total. The highest BCUT2D eigenvalue weighted by atomic mass is 32.3. The number of aliphatic hydroxyl groups excluding tert-OH is 5. The standard InChI is InChI=1S/C6H11NO9S/c8-1-6-4(11)2(9)3(10)5(12)7(6)16-17(13,14)15-6/h2-5,8-12H,1H2/t2-,3-,4+,5?,6+/m1/s1. The molecule has 5 atom stereocenters. The Hall–Kier alpha value is -0.370. The minimum atomic E-state index is -4.59. The average molecular weight is 273 g/mol. The molecule has 0 aliphatic carbocycles. The Bertz CT molecular complexity index is 412. The molecule has 2 aliphatic heterocycles. The number of hydrogen-bond donors (Lipinski definition) is 5. The number of fused-ring (bicyclic) bond motifs is 1. The Balaban J connectivity index is 2.48. The van der Waals surface area contributed by atoms with E-state index in [4.69, 9.17) is 5.11 Å². The fourth-order valence-corrected chi connectivity index (χ4v) is 2.82. The maximum Gasteiger partial charge on any atom is 0.418 e. The van der Waals surface area contributed by atoms with Crippen LogP contribution in [0.5, 0.6) is 0 Å². The summed E-state index contributed by atoms with van der Waals surface area (Å²) >= 11 is 0. The first-order chi connectivity index (χ1) is 7.75. The van der Waals surface area contributed by atoms with Crippen LogP contribution in [0.4, 0.5) is 0 Å². The van der Waals surface area contributed by atoms with Gasteiger partial charge in [0.15, 0.2) is 6.23 Å². The van der Waals surface area contributed by atoms with Crippen LogP contribution >= 0.6 is 0 Å². The first-order valence-electron chi connectivity index (χ1n) is 4.53. The highest BCUT2D eigenvalue weighted by molar-refractivity contribution is 7.82. The molecule has 5 N–H and O–H groups in total. The fraction of sp³-hybridized carbons (Fsp3) is 1.00. The first-order valence-corrected chi connectivity index (χ1v) is 5.86. The molecule has 2 saturated heterocycles. The molecule has 2 heterocycles. The molecule has 0 radical (unpaired) electrons. The van der Waals surface area contributed by atoms with Crippen molar-refractivity contribution < 1.29 is 42.4 Å². The first kappa shape index (κ1) is 13.1. The molecule has 2 rings (SSSR count). The van der Waals surface area contributed by atoms with Crippen molar-refractivity contribution in [2.75, 3.05) is 6.61 Å². The van der Waals surface area contributed by atoms with Crippen LogP contribution in [0, 0.1) is 0 Å². The van der Waals surface area contributed by atoms with Gasteiger partial charge in [-0.2, -0.15) is 8.42 Å². The summed E-state index contributed by atoms with van der Waals surface area (Å²) in [4.78, 5) is 0. The summed E-state index contributed by atoms with van der Waals surface area (Å²) in [6.07, 6.45) is -7.78. The van der Waals surface area contributed by atoms with Crippen molar-refractivity contribution in [3.8, 4) is 0 Å². The second kappa shape index (κ2) is 3.81. The normalized spacial score (nSPS) is 50.2. The van der Waals surface area contributed by atoms with E-state index in [0.29, 0.717) is 0 Å². The summed E-state index contributed by atoms with van der Waals surface area (Å²) in [7, 11) is -4.59. The Kier molecular flexibility index (Phi) is 2.93. The molecule has 17 heavy (non-hydrogen) atoms. The van der Waals surface area contributed by atoms with Crippen LogP contribution in [0.1, 0.15) is 0 Å². The SMILES string of the molecule is O=S1(=O)ON2C(O)[C@H](O)[C@@H](O)[C@H](O)[C@]2(CO)O1. The zero-order valence-electron chi connectivity index (χ0n) is 8.24. The Labute approximate surface area is 95.5 Å². The van der Waals surface area contributed by atoms with Crippen molar-refractivity contribution in [3.05, 3.63) is 0 Å². The van der Waals surface area contributed by atoms with Crippen molar-refractivity contribution in [1.29, 1.82) is 0 Å². The van der Waals surface area contributed by atoms with Gasteiger partial charge in [-0.05, 0) is 0 Å². The summed E-state index contributed by atoms with van der Waals surface area (Å²) < 4.78 is 30.7. The highest BCUT2D eigenvalue weighted by Gasteiger charge is 2.66. The summed E-state index contributed by atoms with van der Waals surface area (Å²) in [5.74, 6) is 0. The Morgan fingerprint density at radius 1 is 1.18 bits per heavy atom. The van der Waals surface area contributed by atoms with Crippen LogP contribution < -0.4 is 0 Å². The van der Waals surface area contributed by atoms with Crippen molar-refractivity contribution in [1.82, 2.24) is 5.06 Å². The molecular formula is C6H11NO9S. The van der Waals surface area contributed by atoms with Crippen molar-refractivity contribution in [3.63, 3.8) is 0 Å². The van der Waals surface area contributed by atoms with Gasteiger partial charge in [0.2, 0.25) is 5.72 Å². The number of aliphatic hydroxyl groups is 5. The lowest BCUT2D eigenvalue weighted by molar-refractivity contribution is -0.354. The molecule has 2 aliphatic rings. The molecule has 11 heteroatoms. The number of hydrogen-bond acceptors (Lipinski definition) is 10. The van der Waals surface area contributed by atoms with Gasteiger partial charge in [-0.1, -0.05) is 5.06 Å². The molecule has 0 aromatic carbocycles. The van der Waals surface area contributed by atoms with Crippen LogP contribution in [0.2, 0.25) is 0 Å². The lowest BCUT2D eigenvalue weighted by Crippen LogP contribution is -2.72. The molecule has 0 amide bonds. The largest absolute Gasteiger partial charge is 0.418 e. The monoisotopic (exact) mass is 273 g/mol. The third kappa shape index (κ3) is 1.68. The van der Waals surface area contributed by atoms with Crippen molar-refractivity contribution in [2.45, 2.75) is 30.3 Å². The number of rotatable bonds is 1.